The second kappa shape index (κ2) is 18.7. The molecule has 67 heavy (non-hydrogen) atoms. The van der Waals surface area contributed by atoms with Crippen molar-refractivity contribution >= 4 is 64.3 Å². The third-order valence-corrected chi connectivity index (χ3v) is 14.1. The number of imide groups is 2. The number of alkyl halides is 2. The molecule has 4 fully saturated rings. The van der Waals surface area contributed by atoms with Crippen LogP contribution in [0.1, 0.15) is 95.3 Å². The molecule has 6 aliphatic rings. The first kappa shape index (κ1) is 45.8. The molecule has 2 saturated heterocycles. The van der Waals surface area contributed by atoms with Gasteiger partial charge in [-0.05, 0) is 63.1 Å². The molecule has 6 amide bonds. The highest BCUT2D eigenvalue weighted by atomic mass is 19.3. The Morgan fingerprint density at radius 2 is 1.67 bits per heavy atom. The number of piperazine rings is 1. The number of carbonyl (C=O) groups is 6. The number of methoxy groups -OCH3 is 1. The van der Waals surface area contributed by atoms with Gasteiger partial charge in [0.2, 0.25) is 17.8 Å². The monoisotopic (exact) mass is 929 g/mol. The number of nitrogens with zero attached hydrogens (tertiary/aromatic N) is 7. The quantitative estimate of drug-likeness (QED) is 0.191. The number of benzene rings is 2. The highest BCUT2D eigenvalue weighted by Gasteiger charge is 2.49. The topological polar surface area (TPSA) is 202 Å². The average molecular weight is 930 g/mol. The Labute approximate surface area is 384 Å². The second-order valence-corrected chi connectivity index (χ2v) is 18.2. The number of anilines is 5. The van der Waals surface area contributed by atoms with E-state index in [1.807, 2.05) is 0 Å². The van der Waals surface area contributed by atoms with Crippen molar-refractivity contribution in [1.29, 1.82) is 0 Å². The van der Waals surface area contributed by atoms with Crippen molar-refractivity contribution in [2.24, 2.45) is 0 Å². The van der Waals surface area contributed by atoms with Gasteiger partial charge in [0.1, 0.15) is 23.3 Å². The molecule has 3 aromatic rings. The van der Waals surface area contributed by atoms with E-state index in [0.717, 1.165) is 80.6 Å². The molecule has 4 aliphatic heterocycles. The van der Waals surface area contributed by atoms with E-state index in [1.165, 1.54) is 31.3 Å². The normalized spacial score (nSPS) is 23.7. The van der Waals surface area contributed by atoms with Crippen molar-refractivity contribution in [3.63, 3.8) is 0 Å². The van der Waals surface area contributed by atoms with Gasteiger partial charge in [-0.3, -0.25) is 48.8 Å². The molecule has 4 N–H and O–H groups in total. The van der Waals surface area contributed by atoms with Gasteiger partial charge in [0.15, 0.2) is 5.82 Å². The van der Waals surface area contributed by atoms with Crippen molar-refractivity contribution < 1.29 is 46.7 Å². The number of piperidine rings is 1. The van der Waals surface area contributed by atoms with Crippen LogP contribution in [0.4, 0.5) is 42.0 Å². The van der Waals surface area contributed by atoms with Crippen molar-refractivity contribution in [1.82, 2.24) is 35.3 Å². The van der Waals surface area contributed by atoms with Crippen LogP contribution in [0.3, 0.4) is 0 Å². The fraction of sp³-hybridized carbons (Fsp3) is 0.522. The van der Waals surface area contributed by atoms with E-state index in [9.17, 15) is 28.8 Å². The van der Waals surface area contributed by atoms with Crippen LogP contribution in [-0.4, -0.2) is 150 Å². The number of fused-ring (bicyclic) bond motifs is 2. The smallest absolute Gasteiger partial charge is 0.342 e. The SMILES string of the molecule is COc1cc(C(=O)N[C@H]2CC[C@H](N3CCN(CCNc4cccc5c4C(=O)N(C4CCC(=O)NC4=O)C5=O)CC3)CC2)c(F)cc1Nc1ncc2c(n1)N(C1CCCC1)CC(F)(F)C(=O)N2C. The number of amides is 6. The third-order valence-electron chi connectivity index (χ3n) is 14.1. The van der Waals surface area contributed by atoms with E-state index in [-0.39, 0.29) is 70.5 Å². The molecule has 2 aliphatic carbocycles. The van der Waals surface area contributed by atoms with Crippen LogP contribution in [0.15, 0.2) is 36.5 Å². The Balaban J connectivity index is 0.750. The molecular weight excluding hydrogens is 876 g/mol. The third kappa shape index (κ3) is 9.09. The lowest BCUT2D eigenvalue weighted by molar-refractivity contribution is -0.140. The summed E-state index contributed by atoms with van der Waals surface area (Å²) in [7, 11) is 2.65. The predicted octanol–water partition coefficient (Wildman–Crippen LogP) is 3.90. The lowest BCUT2D eigenvalue weighted by Crippen LogP contribution is -2.54. The summed E-state index contributed by atoms with van der Waals surface area (Å²) < 4.78 is 51.4. The molecule has 356 valence electrons. The van der Waals surface area contributed by atoms with Gasteiger partial charge in [0.25, 0.3) is 23.6 Å². The van der Waals surface area contributed by atoms with Gasteiger partial charge in [-0.15, -0.1) is 0 Å². The summed E-state index contributed by atoms with van der Waals surface area (Å²) in [5, 5.41) is 11.5. The van der Waals surface area contributed by atoms with Crippen LogP contribution in [0.25, 0.3) is 0 Å². The van der Waals surface area contributed by atoms with Crippen LogP contribution >= 0.6 is 0 Å². The highest BCUT2D eigenvalue weighted by Crippen LogP contribution is 2.41. The Hall–Kier alpha value is -6.35. The van der Waals surface area contributed by atoms with Crippen molar-refractivity contribution in [2.45, 2.75) is 94.3 Å². The summed E-state index contributed by atoms with van der Waals surface area (Å²) in [4.78, 5) is 94.0. The molecule has 2 aromatic carbocycles. The maximum absolute atomic E-state index is 15.7. The molecule has 0 bridgehead atoms. The molecule has 18 nitrogen and oxygen atoms in total. The summed E-state index contributed by atoms with van der Waals surface area (Å²) in [6.07, 6.45) is 7.72. The Morgan fingerprint density at radius 3 is 2.39 bits per heavy atom. The van der Waals surface area contributed by atoms with Gasteiger partial charge in [0.05, 0.1) is 42.2 Å². The lowest BCUT2D eigenvalue weighted by atomic mass is 9.89. The maximum atomic E-state index is 15.7. The number of ether oxygens (including phenoxy) is 1. The summed E-state index contributed by atoms with van der Waals surface area (Å²) in [6.45, 7) is 3.83. The minimum atomic E-state index is -3.64. The highest BCUT2D eigenvalue weighted by molar-refractivity contribution is 6.25. The molecule has 0 spiro atoms. The van der Waals surface area contributed by atoms with Gasteiger partial charge in [-0.1, -0.05) is 18.9 Å². The van der Waals surface area contributed by atoms with Gasteiger partial charge in [0, 0.05) is 82.6 Å². The molecule has 1 aromatic heterocycles. The first-order valence-corrected chi connectivity index (χ1v) is 23.0. The largest absolute Gasteiger partial charge is 0.495 e. The summed E-state index contributed by atoms with van der Waals surface area (Å²) >= 11 is 0. The van der Waals surface area contributed by atoms with E-state index in [2.05, 4.69) is 41.0 Å². The fourth-order valence-electron chi connectivity index (χ4n) is 10.4. The first-order valence-electron chi connectivity index (χ1n) is 23.0. The molecular formula is C46H54F3N11O7. The zero-order chi connectivity index (χ0) is 47.1. The standard InChI is InChI=1S/C46H54F3N11O7/c1-56-35-24-51-45(55-39(35)59(28-6-3-4-7-28)25-46(48,49)44(56)66)53-33-23-31(47)30(22-36(33)67-2)40(62)52-26-10-12-27(13-11-26)58-20-18-57(19-21-58)17-16-50-32-9-5-8-29-38(32)43(65)60(42(29)64)34-14-15-37(61)54-41(34)63/h5,8-9,22-24,26-28,34,50H,3-4,6-7,10-21,25H2,1-2H3,(H,52,62)(H,51,53,55)(H,54,61,63)/t26-,27-,34?. The maximum Gasteiger partial charge on any atom is 0.342 e. The molecule has 1 unspecified atom stereocenters. The predicted molar refractivity (Wildman–Crippen MR) is 239 cm³/mol. The molecule has 21 heteroatoms. The second-order valence-electron chi connectivity index (χ2n) is 18.2. The Kier molecular flexibility index (Phi) is 12.8. The van der Waals surface area contributed by atoms with E-state index in [1.54, 1.807) is 18.2 Å². The number of nitrogens with one attached hydrogen (secondary N) is 4. The van der Waals surface area contributed by atoms with E-state index in [0.29, 0.717) is 37.7 Å². The number of halogens is 3. The van der Waals surface area contributed by atoms with Gasteiger partial charge >= 0.3 is 5.92 Å². The molecule has 9 rings (SSSR count). The van der Waals surface area contributed by atoms with E-state index in [4.69, 9.17) is 4.74 Å². The van der Waals surface area contributed by atoms with E-state index < -0.39 is 59.8 Å². The molecule has 2 saturated carbocycles. The van der Waals surface area contributed by atoms with Crippen LogP contribution in [0.2, 0.25) is 0 Å². The zero-order valence-corrected chi connectivity index (χ0v) is 37.4. The average Bonchev–Trinajstić information content (AvgIpc) is 3.93. The Morgan fingerprint density at radius 1 is 0.925 bits per heavy atom. The number of hydrogen-bond acceptors (Lipinski definition) is 14. The Bertz CT molecular complexity index is 2470. The molecule has 5 heterocycles. The van der Waals surface area contributed by atoms with Crippen LogP contribution < -0.4 is 35.8 Å². The minimum absolute atomic E-state index is 0.0232. The molecule has 1 atom stereocenters. The van der Waals surface area contributed by atoms with Gasteiger partial charge in [-0.25, -0.2) is 9.37 Å². The summed E-state index contributed by atoms with van der Waals surface area (Å²) in [6, 6.07) is 6.37. The lowest BCUT2D eigenvalue weighted by Gasteiger charge is -2.42. The van der Waals surface area contributed by atoms with Crippen LogP contribution in [0, 0.1) is 5.82 Å². The summed E-state index contributed by atoms with van der Waals surface area (Å²) in [5.41, 5.74) is 1.06. The minimum Gasteiger partial charge on any atom is -0.495 e. The van der Waals surface area contributed by atoms with E-state index >= 15 is 13.2 Å². The van der Waals surface area contributed by atoms with Crippen molar-refractivity contribution in [2.75, 3.05) is 80.4 Å². The number of hydrogen-bond donors (Lipinski definition) is 4. The van der Waals surface area contributed by atoms with Crippen LogP contribution in [0.5, 0.6) is 5.75 Å². The first-order chi connectivity index (χ1) is 32.2. The summed E-state index contributed by atoms with van der Waals surface area (Å²) in [5.74, 6) is -8.23. The zero-order valence-electron chi connectivity index (χ0n) is 37.4. The van der Waals surface area contributed by atoms with Crippen molar-refractivity contribution in [3.8, 4) is 5.75 Å². The van der Waals surface area contributed by atoms with Crippen LogP contribution in [-0.2, 0) is 14.4 Å². The number of carbonyl (C=O) groups excluding carboxylic acids is 6. The fourth-order valence-corrected chi connectivity index (χ4v) is 10.4. The van der Waals surface area contributed by atoms with Gasteiger partial charge in [-0.2, -0.15) is 13.8 Å². The number of rotatable bonds is 12. The number of aromatic nitrogens is 2. The molecule has 0 radical (unpaired) electrons. The van der Waals surface area contributed by atoms with Gasteiger partial charge < -0.3 is 30.5 Å². The van der Waals surface area contributed by atoms with Crippen molar-refractivity contribution in [3.05, 3.63) is 59.0 Å².